The van der Waals surface area contributed by atoms with E-state index in [0.717, 1.165) is 20.2 Å². The Morgan fingerprint density at radius 2 is 1.61 bits per heavy atom. The summed E-state index contributed by atoms with van der Waals surface area (Å²) in [7, 11) is 3.16. The van der Waals surface area contributed by atoms with E-state index in [1.807, 2.05) is 59.2 Å². The number of rotatable bonds is 4. The Hall–Kier alpha value is -3.46. The van der Waals surface area contributed by atoms with Gasteiger partial charge < -0.3 is 4.57 Å². The largest absolute Gasteiger partial charge is 0.332 e. The molecule has 0 saturated heterocycles. The molecule has 0 unspecified atom stereocenters. The van der Waals surface area contributed by atoms with Gasteiger partial charge in [-0.1, -0.05) is 58.4 Å². The second kappa shape index (κ2) is 7.35. The van der Waals surface area contributed by atoms with Gasteiger partial charge in [0, 0.05) is 30.7 Å². The van der Waals surface area contributed by atoms with Gasteiger partial charge in [-0.3, -0.25) is 13.9 Å². The molecule has 3 aromatic heterocycles. The van der Waals surface area contributed by atoms with Crippen molar-refractivity contribution in [3.05, 3.63) is 85.5 Å². The molecule has 0 aliphatic carbocycles. The number of nitrogens with zero attached hydrogens (tertiary/aromatic N) is 6. The number of fused-ring (bicyclic) bond motifs is 3. The van der Waals surface area contributed by atoms with Crippen LogP contribution in [0.5, 0.6) is 0 Å². The highest BCUT2D eigenvalue weighted by atomic mass is 79.9. The summed E-state index contributed by atoms with van der Waals surface area (Å²) in [5.41, 5.74) is 2.17. The number of hydrogen-bond donors (Lipinski definition) is 0. The van der Waals surface area contributed by atoms with Crippen LogP contribution in [0.15, 0.2) is 68.7 Å². The lowest BCUT2D eigenvalue weighted by atomic mass is 10.1. The quantitative estimate of drug-likeness (QED) is 0.397. The van der Waals surface area contributed by atoms with Gasteiger partial charge in [0.1, 0.15) is 0 Å². The van der Waals surface area contributed by atoms with E-state index in [2.05, 4.69) is 26.1 Å². The molecular formula is C22H19BrN6O2. The van der Waals surface area contributed by atoms with E-state index in [9.17, 15) is 9.59 Å². The van der Waals surface area contributed by atoms with E-state index in [-0.39, 0.29) is 5.56 Å². The monoisotopic (exact) mass is 478 g/mol. The molecule has 0 spiro atoms. The van der Waals surface area contributed by atoms with E-state index in [1.165, 1.54) is 11.6 Å². The van der Waals surface area contributed by atoms with Crippen LogP contribution in [-0.4, -0.2) is 28.3 Å². The van der Waals surface area contributed by atoms with Crippen LogP contribution in [0.4, 0.5) is 0 Å². The number of aryl methyl sites for hydroxylation is 3. The van der Waals surface area contributed by atoms with Gasteiger partial charge >= 0.3 is 5.69 Å². The molecule has 31 heavy (non-hydrogen) atoms. The van der Waals surface area contributed by atoms with E-state index in [1.54, 1.807) is 11.4 Å². The van der Waals surface area contributed by atoms with Crippen molar-refractivity contribution in [1.82, 2.24) is 28.3 Å². The van der Waals surface area contributed by atoms with E-state index < -0.39 is 5.69 Å². The summed E-state index contributed by atoms with van der Waals surface area (Å²) in [5, 5.41) is 8.81. The lowest BCUT2D eigenvalue weighted by Crippen LogP contribution is -2.37. The maximum Gasteiger partial charge on any atom is 0.332 e. The molecule has 0 atom stereocenters. The number of aromatic nitrogens is 6. The second-order valence-electron chi connectivity index (χ2n) is 7.43. The standard InChI is InChI=1S/C22H19BrN6O2/c1-26-19-17(20(30)27(2)22(26)31)28(13-12-14-6-4-3-5-7-14)21-25-24-18(29(19)21)15-8-10-16(23)11-9-15/h3-11H,12-13H2,1-2H3. The Balaban J connectivity index is 1.82. The predicted molar refractivity (Wildman–Crippen MR) is 122 cm³/mol. The van der Waals surface area contributed by atoms with Gasteiger partial charge in [0.05, 0.1) is 0 Å². The average Bonchev–Trinajstić information content (AvgIpc) is 3.34. The third kappa shape index (κ3) is 3.04. The molecule has 0 aliphatic heterocycles. The first-order chi connectivity index (χ1) is 15.0. The van der Waals surface area contributed by atoms with Crippen molar-refractivity contribution in [2.75, 3.05) is 0 Å². The van der Waals surface area contributed by atoms with Crippen LogP contribution < -0.4 is 11.2 Å². The van der Waals surface area contributed by atoms with E-state index >= 15 is 0 Å². The fourth-order valence-electron chi connectivity index (χ4n) is 3.94. The molecule has 5 aromatic rings. The smallest absolute Gasteiger partial charge is 0.302 e. The van der Waals surface area contributed by atoms with Crippen molar-refractivity contribution in [3.63, 3.8) is 0 Å². The lowest BCUT2D eigenvalue weighted by molar-refractivity contribution is 0.688. The first-order valence-corrected chi connectivity index (χ1v) is 10.6. The molecule has 2 aromatic carbocycles. The number of hydrogen-bond acceptors (Lipinski definition) is 4. The Morgan fingerprint density at radius 1 is 0.903 bits per heavy atom. The molecule has 156 valence electrons. The van der Waals surface area contributed by atoms with Gasteiger partial charge in [0.25, 0.3) is 5.56 Å². The summed E-state index contributed by atoms with van der Waals surface area (Å²) >= 11 is 3.45. The SMILES string of the molecule is Cn1c(=O)c2c(n(C)c1=O)n1c(-c3ccc(Br)cc3)nnc1n2CCc1ccccc1. The normalized spacial score (nSPS) is 11.6. The van der Waals surface area contributed by atoms with Crippen LogP contribution in [0, 0.1) is 0 Å². The molecule has 3 heterocycles. The van der Waals surface area contributed by atoms with Gasteiger partial charge in [-0.25, -0.2) is 9.20 Å². The summed E-state index contributed by atoms with van der Waals surface area (Å²) in [6, 6.07) is 17.7. The van der Waals surface area contributed by atoms with Gasteiger partial charge in [-0.05, 0) is 24.1 Å². The molecule has 0 amide bonds. The Kier molecular flexibility index (Phi) is 4.62. The highest BCUT2D eigenvalue weighted by Gasteiger charge is 2.23. The van der Waals surface area contributed by atoms with Crippen LogP contribution in [-0.2, 0) is 27.1 Å². The molecule has 9 heteroatoms. The van der Waals surface area contributed by atoms with Crippen molar-refractivity contribution in [2.45, 2.75) is 13.0 Å². The van der Waals surface area contributed by atoms with Crippen molar-refractivity contribution < 1.29 is 0 Å². The highest BCUT2D eigenvalue weighted by Crippen LogP contribution is 2.25. The molecule has 5 rings (SSSR count). The topological polar surface area (TPSA) is 79.1 Å². The fourth-order valence-corrected chi connectivity index (χ4v) is 4.20. The molecule has 0 fully saturated rings. The summed E-state index contributed by atoms with van der Waals surface area (Å²) < 4.78 is 7.22. The molecule has 0 N–H and O–H groups in total. The maximum atomic E-state index is 13.2. The minimum Gasteiger partial charge on any atom is -0.302 e. The molecular weight excluding hydrogens is 460 g/mol. The van der Waals surface area contributed by atoms with Gasteiger partial charge in [-0.2, -0.15) is 0 Å². The molecule has 0 radical (unpaired) electrons. The number of halogens is 1. The molecule has 0 saturated carbocycles. The third-order valence-corrected chi connectivity index (χ3v) is 6.08. The first-order valence-electron chi connectivity index (χ1n) is 9.80. The van der Waals surface area contributed by atoms with E-state index in [0.29, 0.717) is 35.7 Å². The van der Waals surface area contributed by atoms with Gasteiger partial charge in [-0.15, -0.1) is 10.2 Å². The van der Waals surface area contributed by atoms with Gasteiger partial charge in [0.15, 0.2) is 17.0 Å². The Morgan fingerprint density at radius 3 is 2.32 bits per heavy atom. The second-order valence-corrected chi connectivity index (χ2v) is 8.35. The molecule has 0 aliphatic rings. The van der Waals surface area contributed by atoms with E-state index in [4.69, 9.17) is 0 Å². The van der Waals surface area contributed by atoms with Crippen molar-refractivity contribution >= 4 is 32.9 Å². The van der Waals surface area contributed by atoms with Crippen LogP contribution >= 0.6 is 15.9 Å². The summed E-state index contributed by atoms with van der Waals surface area (Å²) in [6.07, 6.45) is 0.715. The average molecular weight is 479 g/mol. The van der Waals surface area contributed by atoms with Crippen molar-refractivity contribution in [3.8, 4) is 11.4 Å². The number of benzene rings is 2. The minimum atomic E-state index is -0.393. The van der Waals surface area contributed by atoms with Gasteiger partial charge in [0.2, 0.25) is 5.78 Å². The Labute approximate surface area is 185 Å². The zero-order chi connectivity index (χ0) is 21.7. The first kappa shape index (κ1) is 19.5. The van der Waals surface area contributed by atoms with Crippen LogP contribution in [0.2, 0.25) is 0 Å². The predicted octanol–water partition coefficient (Wildman–Crippen LogP) is 2.75. The van der Waals surface area contributed by atoms with Crippen LogP contribution in [0.1, 0.15) is 5.56 Å². The summed E-state index contributed by atoms with van der Waals surface area (Å²) in [6.45, 7) is 0.531. The number of imidazole rings is 1. The maximum absolute atomic E-state index is 13.2. The van der Waals surface area contributed by atoms with Crippen LogP contribution in [0.3, 0.4) is 0 Å². The summed E-state index contributed by atoms with van der Waals surface area (Å²) in [5.74, 6) is 1.11. The Bertz CT molecular complexity index is 1540. The van der Waals surface area contributed by atoms with Crippen molar-refractivity contribution in [2.24, 2.45) is 14.1 Å². The fraction of sp³-hybridized carbons (Fsp3) is 0.182. The lowest BCUT2D eigenvalue weighted by Gasteiger charge is -2.07. The molecule has 0 bridgehead atoms. The van der Waals surface area contributed by atoms with Crippen molar-refractivity contribution in [1.29, 1.82) is 0 Å². The van der Waals surface area contributed by atoms with Crippen LogP contribution in [0.25, 0.3) is 28.3 Å². The summed E-state index contributed by atoms with van der Waals surface area (Å²) in [4.78, 5) is 25.9. The zero-order valence-corrected chi connectivity index (χ0v) is 18.6. The third-order valence-electron chi connectivity index (χ3n) is 5.55. The molecule has 8 nitrogen and oxygen atoms in total. The minimum absolute atomic E-state index is 0.349. The highest BCUT2D eigenvalue weighted by molar-refractivity contribution is 9.10. The zero-order valence-electron chi connectivity index (χ0n) is 17.0.